The summed E-state index contributed by atoms with van der Waals surface area (Å²) in [4.78, 5) is 11.4. The maximum atomic E-state index is 11.7. The molecule has 0 spiro atoms. The van der Waals surface area contributed by atoms with Crippen molar-refractivity contribution in [2.45, 2.75) is 15.6 Å². The highest BCUT2D eigenvalue weighted by Crippen LogP contribution is 2.53. The molecular formula is C9H9Cl2NO4S2. The molecule has 1 atom stereocenters. The van der Waals surface area contributed by atoms with Gasteiger partial charge in [0.05, 0.1) is 6.61 Å². The molecule has 1 aliphatic carbocycles. The Kier molecular flexibility index (Phi) is 3.63. The average molecular weight is 330 g/mol. The van der Waals surface area contributed by atoms with Crippen molar-refractivity contribution >= 4 is 50.5 Å². The Balaban J connectivity index is 2.04. The Hall–Kier alpha value is -0.340. The minimum absolute atomic E-state index is 0.0344. The number of rotatable bonds is 4. The number of carbonyl (C=O) groups excluding carboxylic acids is 1. The molecule has 5 nitrogen and oxygen atoms in total. The molecule has 1 heterocycles. The first-order chi connectivity index (χ1) is 8.22. The second-order valence-corrected chi connectivity index (χ2v) is 7.91. The van der Waals surface area contributed by atoms with E-state index in [9.17, 15) is 13.2 Å². The smallest absolute Gasteiger partial charge is 0.349 e. The van der Waals surface area contributed by atoms with Crippen LogP contribution >= 0.6 is 34.5 Å². The molecule has 0 saturated heterocycles. The van der Waals surface area contributed by atoms with Gasteiger partial charge in [0.1, 0.15) is 14.1 Å². The lowest BCUT2D eigenvalue weighted by Crippen LogP contribution is -2.16. The van der Waals surface area contributed by atoms with Crippen molar-refractivity contribution in [1.29, 1.82) is 0 Å². The third-order valence-corrected chi connectivity index (χ3v) is 5.40. The van der Waals surface area contributed by atoms with Crippen molar-refractivity contribution in [2.24, 2.45) is 11.1 Å². The van der Waals surface area contributed by atoms with E-state index in [0.717, 1.165) is 11.3 Å². The van der Waals surface area contributed by atoms with Crippen LogP contribution in [0.5, 0.6) is 0 Å². The van der Waals surface area contributed by atoms with Crippen LogP contribution in [-0.2, 0) is 14.8 Å². The number of primary sulfonamides is 1. The zero-order valence-corrected chi connectivity index (χ0v) is 12.1. The van der Waals surface area contributed by atoms with Gasteiger partial charge < -0.3 is 4.74 Å². The van der Waals surface area contributed by atoms with Crippen molar-refractivity contribution in [3.8, 4) is 0 Å². The van der Waals surface area contributed by atoms with Crippen molar-refractivity contribution in [3.05, 3.63) is 16.3 Å². The second-order valence-electron chi connectivity index (χ2n) is 3.92. The van der Waals surface area contributed by atoms with Crippen molar-refractivity contribution in [1.82, 2.24) is 0 Å². The van der Waals surface area contributed by atoms with E-state index in [1.165, 1.54) is 11.4 Å². The third kappa shape index (κ3) is 2.97. The van der Waals surface area contributed by atoms with Gasteiger partial charge in [-0.25, -0.2) is 18.4 Å². The summed E-state index contributed by atoms with van der Waals surface area (Å²) < 4.78 is 26.5. The van der Waals surface area contributed by atoms with E-state index in [0.29, 0.717) is 6.42 Å². The van der Waals surface area contributed by atoms with Gasteiger partial charge in [-0.1, -0.05) is 0 Å². The van der Waals surface area contributed by atoms with E-state index < -0.39 is 20.3 Å². The Bertz CT molecular complexity index is 581. The number of esters is 1. The number of hydrogen-bond donors (Lipinski definition) is 1. The van der Waals surface area contributed by atoms with Gasteiger partial charge in [-0.3, -0.25) is 0 Å². The normalized spacial score (nSPS) is 21.6. The number of alkyl halides is 2. The fourth-order valence-corrected chi connectivity index (χ4v) is 3.72. The summed E-state index contributed by atoms with van der Waals surface area (Å²) in [6, 6.07) is 1.26. The van der Waals surface area contributed by atoms with Gasteiger partial charge >= 0.3 is 5.97 Å². The molecule has 2 N–H and O–H groups in total. The van der Waals surface area contributed by atoms with E-state index in [1.54, 1.807) is 0 Å². The van der Waals surface area contributed by atoms with Crippen LogP contribution in [0.4, 0.5) is 0 Å². The third-order valence-electron chi connectivity index (χ3n) is 2.49. The molecule has 1 aromatic heterocycles. The lowest BCUT2D eigenvalue weighted by atomic mass is 10.4. The van der Waals surface area contributed by atoms with Gasteiger partial charge in [0.15, 0.2) is 0 Å². The van der Waals surface area contributed by atoms with Crippen molar-refractivity contribution in [2.75, 3.05) is 6.61 Å². The highest BCUT2D eigenvalue weighted by Gasteiger charge is 2.52. The van der Waals surface area contributed by atoms with Crippen LogP contribution in [0, 0.1) is 5.92 Å². The lowest BCUT2D eigenvalue weighted by molar-refractivity contribution is 0.0487. The number of hydrogen-bond acceptors (Lipinski definition) is 5. The van der Waals surface area contributed by atoms with Crippen LogP contribution in [0.1, 0.15) is 16.1 Å². The first-order valence-electron chi connectivity index (χ1n) is 4.87. The molecule has 9 heteroatoms. The molecular weight excluding hydrogens is 321 g/mol. The summed E-state index contributed by atoms with van der Waals surface area (Å²) in [6.45, 7) is 0.0633. The SMILES string of the molecule is NS(=O)(=O)c1ccsc1C(=O)OCC1CC1(Cl)Cl. The topological polar surface area (TPSA) is 86.5 Å². The number of thiophene rings is 1. The number of sulfonamides is 1. The molecule has 1 aliphatic rings. The number of carbonyl (C=O) groups is 1. The zero-order chi connectivity index (χ0) is 13.6. The zero-order valence-electron chi connectivity index (χ0n) is 8.93. The van der Waals surface area contributed by atoms with Gasteiger partial charge in [0, 0.05) is 5.92 Å². The van der Waals surface area contributed by atoms with E-state index in [1.807, 2.05) is 0 Å². The van der Waals surface area contributed by atoms with Crippen LogP contribution in [0.3, 0.4) is 0 Å². The summed E-state index contributed by atoms with van der Waals surface area (Å²) in [5.41, 5.74) is 0. The van der Waals surface area contributed by atoms with Crippen LogP contribution < -0.4 is 5.14 Å². The Morgan fingerprint density at radius 2 is 2.22 bits per heavy atom. The standard InChI is InChI=1S/C9H9Cl2NO4S2/c10-9(11)3-5(9)4-16-8(13)7-6(1-2-17-7)18(12,14)15/h1-2,5H,3-4H2,(H2,12,14,15). The molecule has 1 fully saturated rings. The Morgan fingerprint density at radius 3 is 2.72 bits per heavy atom. The predicted molar refractivity (Wildman–Crippen MR) is 68.5 cm³/mol. The highest BCUT2D eigenvalue weighted by atomic mass is 35.5. The van der Waals surface area contributed by atoms with Crippen LogP contribution in [-0.4, -0.2) is 25.3 Å². The number of nitrogens with two attached hydrogens (primary N) is 1. The molecule has 0 aliphatic heterocycles. The van der Waals surface area contributed by atoms with E-state index in [-0.39, 0.29) is 22.3 Å². The van der Waals surface area contributed by atoms with Crippen LogP contribution in [0.15, 0.2) is 16.3 Å². The van der Waals surface area contributed by atoms with Gasteiger partial charge in [-0.15, -0.1) is 34.5 Å². The van der Waals surface area contributed by atoms with E-state index in [4.69, 9.17) is 33.1 Å². The minimum Gasteiger partial charge on any atom is -0.461 e. The van der Waals surface area contributed by atoms with Gasteiger partial charge in [-0.2, -0.15) is 0 Å². The summed E-state index contributed by atoms with van der Waals surface area (Å²) in [6.07, 6.45) is 0.551. The quantitative estimate of drug-likeness (QED) is 0.673. The predicted octanol–water partition coefficient (Wildman–Crippen LogP) is 1.75. The Morgan fingerprint density at radius 1 is 1.61 bits per heavy atom. The first kappa shape index (κ1) is 14.1. The molecule has 1 aromatic rings. The largest absolute Gasteiger partial charge is 0.461 e. The summed E-state index contributed by atoms with van der Waals surface area (Å²) >= 11 is 12.5. The summed E-state index contributed by atoms with van der Waals surface area (Å²) in [5.74, 6) is -0.840. The van der Waals surface area contributed by atoms with Gasteiger partial charge in [-0.05, 0) is 17.9 Å². The molecule has 0 aromatic carbocycles. The molecule has 1 unspecified atom stereocenters. The van der Waals surface area contributed by atoms with E-state index in [2.05, 4.69) is 0 Å². The van der Waals surface area contributed by atoms with Crippen molar-refractivity contribution in [3.63, 3.8) is 0 Å². The molecule has 100 valence electrons. The molecule has 0 bridgehead atoms. The maximum absolute atomic E-state index is 11.7. The van der Waals surface area contributed by atoms with Crippen LogP contribution in [0.2, 0.25) is 0 Å². The monoisotopic (exact) mass is 329 g/mol. The first-order valence-corrected chi connectivity index (χ1v) is 8.05. The molecule has 18 heavy (non-hydrogen) atoms. The number of ether oxygens (including phenoxy) is 1. The average Bonchev–Trinajstić information content (AvgIpc) is 2.65. The summed E-state index contributed by atoms with van der Waals surface area (Å²) in [7, 11) is -3.92. The number of halogens is 2. The molecule has 0 amide bonds. The van der Waals surface area contributed by atoms with Gasteiger partial charge in [0.2, 0.25) is 10.0 Å². The fourth-order valence-electron chi connectivity index (χ4n) is 1.36. The van der Waals surface area contributed by atoms with Gasteiger partial charge in [0.25, 0.3) is 0 Å². The second kappa shape index (κ2) is 4.64. The van der Waals surface area contributed by atoms with Crippen LogP contribution in [0.25, 0.3) is 0 Å². The molecule has 2 rings (SSSR count). The minimum atomic E-state index is -3.92. The Labute approximate surface area is 118 Å². The van der Waals surface area contributed by atoms with Crippen molar-refractivity contribution < 1.29 is 17.9 Å². The molecule has 1 saturated carbocycles. The summed E-state index contributed by atoms with van der Waals surface area (Å²) in [5, 5.41) is 6.44. The highest BCUT2D eigenvalue weighted by molar-refractivity contribution is 7.89. The fraction of sp³-hybridized carbons (Fsp3) is 0.444. The maximum Gasteiger partial charge on any atom is 0.349 e. The van der Waals surface area contributed by atoms with E-state index >= 15 is 0 Å². The molecule has 0 radical (unpaired) electrons. The lowest BCUT2D eigenvalue weighted by Gasteiger charge is -2.04.